The number of aromatic nitrogens is 3. The molecule has 4 rings (SSSR count). The van der Waals surface area contributed by atoms with Gasteiger partial charge in [0.25, 0.3) is 10.2 Å². The van der Waals surface area contributed by atoms with Gasteiger partial charge < -0.3 is 4.74 Å². The van der Waals surface area contributed by atoms with Crippen LogP contribution >= 0.6 is 0 Å². The highest BCUT2D eigenvalue weighted by molar-refractivity contribution is 7.86. The molecule has 1 saturated heterocycles. The lowest BCUT2D eigenvalue weighted by molar-refractivity contribution is 0.0702. The predicted molar refractivity (Wildman–Crippen MR) is 92.0 cm³/mol. The van der Waals surface area contributed by atoms with E-state index in [1.807, 2.05) is 35.0 Å². The number of fused-ring (bicyclic) bond motifs is 1. The average molecular weight is 363 g/mol. The molecule has 0 saturated carbocycles. The first-order valence-electron chi connectivity index (χ1n) is 8.47. The molecule has 1 aromatic heterocycles. The fourth-order valence-electron chi connectivity index (χ4n) is 3.16. The van der Waals surface area contributed by atoms with Crippen molar-refractivity contribution in [3.8, 4) is 11.4 Å². The Morgan fingerprint density at radius 1 is 0.920 bits per heavy atom. The summed E-state index contributed by atoms with van der Waals surface area (Å²) in [7, 11) is -3.45. The van der Waals surface area contributed by atoms with E-state index in [0.717, 1.165) is 11.4 Å². The number of hydrogen-bond donors (Lipinski definition) is 0. The minimum absolute atomic E-state index is 0.407. The molecule has 0 aliphatic carbocycles. The van der Waals surface area contributed by atoms with Gasteiger partial charge in [0.15, 0.2) is 5.82 Å². The molecular formula is C16H21N5O3S. The third-order valence-corrected chi connectivity index (χ3v) is 6.58. The van der Waals surface area contributed by atoms with Crippen LogP contribution in [0.3, 0.4) is 0 Å². The van der Waals surface area contributed by atoms with Crippen LogP contribution in [0.4, 0.5) is 0 Å². The third-order valence-electron chi connectivity index (χ3n) is 4.55. The Kier molecular flexibility index (Phi) is 4.55. The van der Waals surface area contributed by atoms with E-state index in [1.54, 1.807) is 0 Å². The first-order valence-corrected chi connectivity index (χ1v) is 9.86. The van der Waals surface area contributed by atoms with Gasteiger partial charge in [-0.1, -0.05) is 30.3 Å². The average Bonchev–Trinajstić information content (AvgIpc) is 2.95. The molecular weight excluding hydrogens is 342 g/mol. The van der Waals surface area contributed by atoms with E-state index in [4.69, 9.17) is 4.74 Å². The topological polar surface area (TPSA) is 80.6 Å². The molecule has 8 nitrogen and oxygen atoms in total. The van der Waals surface area contributed by atoms with Crippen LogP contribution in [-0.2, 0) is 27.9 Å². The Morgan fingerprint density at radius 3 is 2.40 bits per heavy atom. The van der Waals surface area contributed by atoms with Gasteiger partial charge in [0, 0.05) is 38.2 Å². The van der Waals surface area contributed by atoms with Crippen molar-refractivity contribution in [1.82, 2.24) is 23.4 Å². The number of hydrogen-bond acceptors (Lipinski definition) is 5. The van der Waals surface area contributed by atoms with Gasteiger partial charge in [0.05, 0.1) is 19.8 Å². The summed E-state index contributed by atoms with van der Waals surface area (Å²) in [6.07, 6.45) is 0.559. The lowest BCUT2D eigenvalue weighted by atomic mass is 10.2. The summed E-state index contributed by atoms with van der Waals surface area (Å²) in [4.78, 5) is 4.61. The Hall–Kier alpha value is -1.81. The van der Waals surface area contributed by atoms with Crippen LogP contribution in [0.1, 0.15) is 5.82 Å². The maximum atomic E-state index is 12.8. The van der Waals surface area contributed by atoms with Crippen molar-refractivity contribution in [2.75, 3.05) is 39.4 Å². The molecule has 0 spiro atoms. The number of nitrogens with zero attached hydrogens (tertiary/aromatic N) is 5. The van der Waals surface area contributed by atoms with Crippen LogP contribution in [0, 0.1) is 0 Å². The Morgan fingerprint density at radius 2 is 1.64 bits per heavy atom. The summed E-state index contributed by atoms with van der Waals surface area (Å²) in [5, 5.41) is 4.56. The zero-order valence-electron chi connectivity index (χ0n) is 13.9. The molecule has 3 heterocycles. The van der Waals surface area contributed by atoms with E-state index in [2.05, 4.69) is 10.1 Å². The summed E-state index contributed by atoms with van der Waals surface area (Å²) >= 11 is 0. The molecule has 0 radical (unpaired) electrons. The van der Waals surface area contributed by atoms with Gasteiger partial charge in [-0.25, -0.2) is 9.67 Å². The van der Waals surface area contributed by atoms with E-state index in [-0.39, 0.29) is 0 Å². The molecule has 0 N–H and O–H groups in total. The molecule has 0 bridgehead atoms. The third kappa shape index (κ3) is 3.32. The molecule has 2 aromatic rings. The van der Waals surface area contributed by atoms with E-state index in [0.29, 0.717) is 58.2 Å². The molecule has 9 heteroatoms. The van der Waals surface area contributed by atoms with Crippen molar-refractivity contribution in [2.45, 2.75) is 13.0 Å². The molecule has 1 aromatic carbocycles. The Bertz CT molecular complexity index is 805. The molecule has 0 atom stereocenters. The minimum Gasteiger partial charge on any atom is -0.379 e. The smallest absolute Gasteiger partial charge is 0.282 e. The van der Waals surface area contributed by atoms with E-state index >= 15 is 0 Å². The fraction of sp³-hybridized carbons (Fsp3) is 0.500. The van der Waals surface area contributed by atoms with Gasteiger partial charge in [-0.3, -0.25) is 0 Å². The highest BCUT2D eigenvalue weighted by Crippen LogP contribution is 2.19. The highest BCUT2D eigenvalue weighted by atomic mass is 32.2. The maximum absolute atomic E-state index is 12.8. The van der Waals surface area contributed by atoms with Crippen molar-refractivity contribution in [1.29, 1.82) is 0 Å². The quantitative estimate of drug-likeness (QED) is 0.788. The summed E-state index contributed by atoms with van der Waals surface area (Å²) in [6.45, 7) is 3.09. The fourth-order valence-corrected chi connectivity index (χ4v) is 4.73. The lowest BCUT2D eigenvalue weighted by Crippen LogP contribution is -2.49. The van der Waals surface area contributed by atoms with Crippen molar-refractivity contribution < 1.29 is 13.2 Å². The van der Waals surface area contributed by atoms with Crippen LogP contribution in [0.5, 0.6) is 0 Å². The molecule has 134 valence electrons. The standard InChI is InChI=1S/C16H21N5O3S/c22-25(23,20-10-12-24-13-11-20)19-7-6-15-17-16(18-21(15)9-8-19)14-4-2-1-3-5-14/h1-5H,6-13H2. The van der Waals surface area contributed by atoms with Crippen LogP contribution in [0.25, 0.3) is 11.4 Å². The number of morpholine rings is 1. The SMILES string of the molecule is O=S(=O)(N1CCOCC1)N1CCc2nc(-c3ccccc3)nn2CC1. The molecule has 25 heavy (non-hydrogen) atoms. The van der Waals surface area contributed by atoms with Crippen molar-refractivity contribution in [3.05, 3.63) is 36.2 Å². The number of rotatable bonds is 3. The molecule has 0 amide bonds. The normalized spacial score (nSPS) is 20.2. The van der Waals surface area contributed by atoms with Gasteiger partial charge in [0.1, 0.15) is 5.82 Å². The van der Waals surface area contributed by atoms with Gasteiger partial charge in [-0.15, -0.1) is 0 Å². The highest BCUT2D eigenvalue weighted by Gasteiger charge is 2.32. The Balaban J connectivity index is 1.50. The van der Waals surface area contributed by atoms with Crippen LogP contribution < -0.4 is 0 Å². The second-order valence-corrected chi connectivity index (χ2v) is 8.04. The summed E-state index contributed by atoms with van der Waals surface area (Å²) in [5.41, 5.74) is 0.973. The monoisotopic (exact) mass is 363 g/mol. The second-order valence-electron chi connectivity index (χ2n) is 6.11. The van der Waals surface area contributed by atoms with Gasteiger partial charge in [-0.05, 0) is 0 Å². The molecule has 0 unspecified atom stereocenters. The minimum atomic E-state index is -3.45. The van der Waals surface area contributed by atoms with Crippen LogP contribution in [0.15, 0.2) is 30.3 Å². The molecule has 2 aliphatic heterocycles. The maximum Gasteiger partial charge on any atom is 0.282 e. The molecule has 1 fully saturated rings. The summed E-state index contributed by atoms with van der Waals surface area (Å²) in [5.74, 6) is 1.53. The largest absolute Gasteiger partial charge is 0.379 e. The van der Waals surface area contributed by atoms with E-state index in [1.165, 1.54) is 8.61 Å². The Labute approximate surface area is 147 Å². The molecule has 2 aliphatic rings. The van der Waals surface area contributed by atoms with Crippen molar-refractivity contribution in [2.24, 2.45) is 0 Å². The van der Waals surface area contributed by atoms with E-state index < -0.39 is 10.2 Å². The first-order chi connectivity index (χ1) is 12.1. The van der Waals surface area contributed by atoms with Crippen LogP contribution in [0.2, 0.25) is 0 Å². The summed E-state index contributed by atoms with van der Waals surface area (Å²) in [6, 6.07) is 9.82. The predicted octanol–water partition coefficient (Wildman–Crippen LogP) is 0.380. The number of ether oxygens (including phenoxy) is 1. The first kappa shape index (κ1) is 16.6. The van der Waals surface area contributed by atoms with Crippen molar-refractivity contribution in [3.63, 3.8) is 0 Å². The zero-order valence-corrected chi connectivity index (χ0v) is 14.7. The van der Waals surface area contributed by atoms with Crippen molar-refractivity contribution >= 4 is 10.2 Å². The van der Waals surface area contributed by atoms with Gasteiger partial charge >= 0.3 is 0 Å². The van der Waals surface area contributed by atoms with Gasteiger partial charge in [-0.2, -0.15) is 22.1 Å². The summed E-state index contributed by atoms with van der Waals surface area (Å²) < 4.78 is 35.7. The zero-order chi connectivity index (χ0) is 17.3. The number of benzene rings is 1. The van der Waals surface area contributed by atoms with Gasteiger partial charge in [0.2, 0.25) is 0 Å². The lowest BCUT2D eigenvalue weighted by Gasteiger charge is -2.31. The van der Waals surface area contributed by atoms with E-state index in [9.17, 15) is 8.42 Å². The van der Waals surface area contributed by atoms with Crippen LogP contribution in [-0.4, -0.2) is 71.2 Å². The second kappa shape index (κ2) is 6.83.